The second-order valence-corrected chi connectivity index (χ2v) is 5.25. The third kappa shape index (κ3) is 3.98. The van der Waals surface area contributed by atoms with E-state index in [2.05, 4.69) is 0 Å². The Morgan fingerprint density at radius 1 is 0.947 bits per heavy atom. The van der Waals surface area contributed by atoms with E-state index in [1.165, 1.54) is 12.1 Å². The number of hydrogen-bond donors (Lipinski definition) is 1. The summed E-state index contributed by atoms with van der Waals surface area (Å²) >= 11 is 0. The Labute approximate surface area is 112 Å². The molecule has 0 spiro atoms. The summed E-state index contributed by atoms with van der Waals surface area (Å²) < 4.78 is 10.8. The maximum Gasteiger partial charge on any atom is 0.200 e. The molecule has 19 heavy (non-hydrogen) atoms. The standard InChI is InChI=1S/C14H18O5/c1-13(2,8-15)18-10-6-5-7-11(12(10)17)19-14(3,4)9-16/h5-9,17H,1-4H3. The molecule has 0 radical (unpaired) electrons. The van der Waals surface area contributed by atoms with Crippen molar-refractivity contribution in [3.8, 4) is 17.2 Å². The minimum atomic E-state index is -1.06. The average Bonchev–Trinajstić information content (AvgIpc) is 2.34. The molecular weight excluding hydrogens is 248 g/mol. The smallest absolute Gasteiger partial charge is 0.200 e. The number of phenols is 1. The first-order chi connectivity index (χ1) is 8.71. The maximum atomic E-state index is 10.8. The fraction of sp³-hybridized carbons (Fsp3) is 0.429. The highest BCUT2D eigenvalue weighted by atomic mass is 16.5. The third-order valence-corrected chi connectivity index (χ3v) is 2.28. The van der Waals surface area contributed by atoms with Crippen LogP contribution in [0, 0.1) is 0 Å². The molecule has 0 fully saturated rings. The van der Waals surface area contributed by atoms with Gasteiger partial charge in [-0.3, -0.25) is 9.59 Å². The highest BCUT2D eigenvalue weighted by Gasteiger charge is 2.24. The predicted molar refractivity (Wildman–Crippen MR) is 69.6 cm³/mol. The number of para-hydroxylation sites is 1. The van der Waals surface area contributed by atoms with Gasteiger partial charge in [-0.15, -0.1) is 0 Å². The van der Waals surface area contributed by atoms with Crippen molar-refractivity contribution < 1.29 is 24.2 Å². The van der Waals surface area contributed by atoms with E-state index in [0.29, 0.717) is 12.6 Å². The van der Waals surface area contributed by atoms with Crippen LogP contribution in [-0.2, 0) is 9.59 Å². The van der Waals surface area contributed by atoms with Crippen molar-refractivity contribution in [3.05, 3.63) is 18.2 Å². The van der Waals surface area contributed by atoms with Crippen LogP contribution < -0.4 is 9.47 Å². The fourth-order valence-electron chi connectivity index (χ4n) is 1.28. The van der Waals surface area contributed by atoms with E-state index in [1.807, 2.05) is 0 Å². The summed E-state index contributed by atoms with van der Waals surface area (Å²) in [5.41, 5.74) is -2.12. The third-order valence-electron chi connectivity index (χ3n) is 2.28. The van der Waals surface area contributed by atoms with Gasteiger partial charge in [0.1, 0.15) is 0 Å². The number of carbonyl (C=O) groups excluding carboxylic acids is 2. The van der Waals surface area contributed by atoms with Crippen molar-refractivity contribution in [2.45, 2.75) is 38.9 Å². The summed E-state index contributed by atoms with van der Waals surface area (Å²) in [6.45, 7) is 6.29. The minimum absolute atomic E-state index is 0.122. The van der Waals surface area contributed by atoms with Crippen molar-refractivity contribution in [1.29, 1.82) is 0 Å². The van der Waals surface area contributed by atoms with Crippen molar-refractivity contribution in [1.82, 2.24) is 0 Å². The number of carbonyl (C=O) groups is 2. The molecule has 0 bridgehead atoms. The lowest BCUT2D eigenvalue weighted by atomic mass is 10.1. The van der Waals surface area contributed by atoms with Gasteiger partial charge in [-0.1, -0.05) is 6.07 Å². The Bertz CT molecular complexity index is 436. The molecule has 0 unspecified atom stereocenters. The molecule has 0 saturated carbocycles. The molecule has 0 aliphatic rings. The van der Waals surface area contributed by atoms with Gasteiger partial charge in [0, 0.05) is 0 Å². The van der Waals surface area contributed by atoms with Gasteiger partial charge < -0.3 is 14.6 Å². The van der Waals surface area contributed by atoms with Gasteiger partial charge in [0.05, 0.1) is 0 Å². The molecule has 0 saturated heterocycles. The first-order valence-electron chi connectivity index (χ1n) is 5.83. The minimum Gasteiger partial charge on any atom is -0.502 e. The summed E-state index contributed by atoms with van der Waals surface area (Å²) in [6, 6.07) is 4.63. The summed E-state index contributed by atoms with van der Waals surface area (Å²) in [7, 11) is 0. The topological polar surface area (TPSA) is 72.8 Å². The van der Waals surface area contributed by atoms with Crippen LogP contribution in [0.2, 0.25) is 0 Å². The van der Waals surface area contributed by atoms with E-state index >= 15 is 0 Å². The number of rotatable bonds is 6. The predicted octanol–water partition coefficient (Wildman–Crippen LogP) is 2.10. The summed E-state index contributed by atoms with van der Waals surface area (Å²) in [5, 5.41) is 10.0. The molecule has 1 N–H and O–H groups in total. The quantitative estimate of drug-likeness (QED) is 0.798. The molecule has 1 rings (SSSR count). The Balaban J connectivity index is 3.05. The molecule has 1 aromatic rings. The van der Waals surface area contributed by atoms with Gasteiger partial charge in [0.2, 0.25) is 5.75 Å². The van der Waals surface area contributed by atoms with Crippen LogP contribution in [0.5, 0.6) is 17.2 Å². The van der Waals surface area contributed by atoms with Crippen molar-refractivity contribution in [3.63, 3.8) is 0 Å². The SMILES string of the molecule is CC(C)(C=O)Oc1cccc(OC(C)(C)C=O)c1O. The van der Waals surface area contributed by atoms with Crippen molar-refractivity contribution in [2.75, 3.05) is 0 Å². The first kappa shape index (κ1) is 15.0. The second kappa shape index (κ2) is 5.30. The molecule has 0 aromatic heterocycles. The largest absolute Gasteiger partial charge is 0.502 e. The molecule has 0 amide bonds. The average molecular weight is 266 g/mol. The van der Waals surface area contributed by atoms with Crippen LogP contribution in [-0.4, -0.2) is 28.9 Å². The van der Waals surface area contributed by atoms with Crippen molar-refractivity contribution in [2.24, 2.45) is 0 Å². The normalized spacial score (nSPS) is 11.8. The molecular formula is C14H18O5. The van der Waals surface area contributed by atoms with Gasteiger partial charge in [-0.25, -0.2) is 0 Å². The van der Waals surface area contributed by atoms with Gasteiger partial charge in [0.15, 0.2) is 35.3 Å². The first-order valence-corrected chi connectivity index (χ1v) is 5.83. The van der Waals surface area contributed by atoms with Gasteiger partial charge in [-0.2, -0.15) is 0 Å². The van der Waals surface area contributed by atoms with Crippen LogP contribution in [0.3, 0.4) is 0 Å². The van der Waals surface area contributed by atoms with E-state index in [-0.39, 0.29) is 17.2 Å². The summed E-state index contributed by atoms with van der Waals surface area (Å²) in [5.74, 6) is -0.0000482. The van der Waals surface area contributed by atoms with Gasteiger partial charge >= 0.3 is 0 Å². The Kier molecular flexibility index (Phi) is 4.19. The molecule has 0 heterocycles. The number of hydrogen-bond acceptors (Lipinski definition) is 5. The van der Waals surface area contributed by atoms with Crippen LogP contribution in [0.15, 0.2) is 18.2 Å². The summed E-state index contributed by atoms with van der Waals surface area (Å²) in [4.78, 5) is 21.6. The lowest BCUT2D eigenvalue weighted by Gasteiger charge is -2.24. The van der Waals surface area contributed by atoms with Gasteiger partial charge in [-0.05, 0) is 39.8 Å². The number of aldehydes is 2. The maximum absolute atomic E-state index is 10.8. The highest BCUT2D eigenvalue weighted by Crippen LogP contribution is 2.38. The molecule has 0 atom stereocenters. The van der Waals surface area contributed by atoms with Crippen LogP contribution >= 0.6 is 0 Å². The number of aromatic hydroxyl groups is 1. The van der Waals surface area contributed by atoms with Crippen LogP contribution in [0.1, 0.15) is 27.7 Å². The molecule has 5 nitrogen and oxygen atoms in total. The lowest BCUT2D eigenvalue weighted by Crippen LogP contribution is -2.31. The van der Waals surface area contributed by atoms with Crippen LogP contribution in [0.25, 0.3) is 0 Å². The monoisotopic (exact) mass is 266 g/mol. The van der Waals surface area contributed by atoms with E-state index in [4.69, 9.17) is 9.47 Å². The zero-order valence-corrected chi connectivity index (χ0v) is 11.5. The summed E-state index contributed by atoms with van der Waals surface area (Å²) in [6.07, 6.45) is 1.27. The lowest BCUT2D eigenvalue weighted by molar-refractivity contribution is -0.119. The van der Waals surface area contributed by atoms with E-state index in [1.54, 1.807) is 33.8 Å². The van der Waals surface area contributed by atoms with Gasteiger partial charge in [0.25, 0.3) is 0 Å². The zero-order chi connectivity index (χ0) is 14.7. The molecule has 0 aliphatic carbocycles. The second-order valence-electron chi connectivity index (χ2n) is 5.25. The fourth-order valence-corrected chi connectivity index (χ4v) is 1.28. The van der Waals surface area contributed by atoms with E-state index in [9.17, 15) is 14.7 Å². The number of benzene rings is 1. The molecule has 0 aliphatic heterocycles. The zero-order valence-electron chi connectivity index (χ0n) is 11.5. The highest BCUT2D eigenvalue weighted by molar-refractivity contribution is 5.64. The molecule has 1 aromatic carbocycles. The molecule has 5 heteroatoms. The van der Waals surface area contributed by atoms with E-state index < -0.39 is 11.2 Å². The Hall–Kier alpha value is -2.04. The van der Waals surface area contributed by atoms with Crippen LogP contribution in [0.4, 0.5) is 0 Å². The Morgan fingerprint density at radius 3 is 1.63 bits per heavy atom. The molecule has 104 valence electrons. The Morgan fingerprint density at radius 2 is 1.32 bits per heavy atom. The van der Waals surface area contributed by atoms with Crippen molar-refractivity contribution >= 4 is 12.6 Å². The number of phenolic OH excluding ortho intramolecular Hbond substituents is 1. The van der Waals surface area contributed by atoms with E-state index in [0.717, 1.165) is 0 Å². The number of ether oxygens (including phenoxy) is 2.